The SMILES string of the molecule is CCCC1CN(C(Cc2ccc(Cl)cc2)CN(CCF)C(=O)C(F)(F)F)CCN1C(=O)C(N)Cc1ccc(F)cc1. The van der Waals surface area contributed by atoms with Crippen LogP contribution in [0.3, 0.4) is 0 Å². The first-order valence-electron chi connectivity index (χ1n) is 13.6. The minimum absolute atomic E-state index is 0.231. The summed E-state index contributed by atoms with van der Waals surface area (Å²) in [5.74, 6) is -2.72. The highest BCUT2D eigenvalue weighted by atomic mass is 35.5. The van der Waals surface area contributed by atoms with Crippen molar-refractivity contribution in [1.29, 1.82) is 0 Å². The van der Waals surface area contributed by atoms with Gasteiger partial charge in [-0.3, -0.25) is 14.5 Å². The number of amides is 2. The van der Waals surface area contributed by atoms with Crippen LogP contribution in [-0.4, -0.2) is 90.2 Å². The molecular formula is C29H36ClF5N4O2. The van der Waals surface area contributed by atoms with Gasteiger partial charge in [0.05, 0.1) is 6.04 Å². The molecular weight excluding hydrogens is 567 g/mol. The van der Waals surface area contributed by atoms with Crippen molar-refractivity contribution in [3.63, 3.8) is 0 Å². The maximum Gasteiger partial charge on any atom is 0.471 e. The number of nitrogens with two attached hydrogens (primary N) is 1. The molecule has 0 radical (unpaired) electrons. The Morgan fingerprint density at radius 2 is 1.66 bits per heavy atom. The van der Waals surface area contributed by atoms with Crippen molar-refractivity contribution >= 4 is 23.4 Å². The Hall–Kier alpha value is -2.76. The number of halogens is 6. The van der Waals surface area contributed by atoms with Crippen LogP contribution in [0.1, 0.15) is 30.9 Å². The smallest absolute Gasteiger partial charge is 0.336 e. The molecule has 41 heavy (non-hydrogen) atoms. The zero-order valence-electron chi connectivity index (χ0n) is 22.9. The van der Waals surface area contributed by atoms with Crippen LogP contribution in [0.5, 0.6) is 0 Å². The van der Waals surface area contributed by atoms with Crippen molar-refractivity contribution in [1.82, 2.24) is 14.7 Å². The van der Waals surface area contributed by atoms with Gasteiger partial charge in [0, 0.05) is 49.8 Å². The summed E-state index contributed by atoms with van der Waals surface area (Å²) in [5, 5.41) is 0.503. The molecule has 6 nitrogen and oxygen atoms in total. The summed E-state index contributed by atoms with van der Waals surface area (Å²) >= 11 is 6.00. The third kappa shape index (κ3) is 9.37. The molecule has 3 rings (SSSR count). The number of alkyl halides is 4. The Labute approximate surface area is 242 Å². The molecule has 0 aliphatic carbocycles. The van der Waals surface area contributed by atoms with E-state index in [-0.39, 0.29) is 37.3 Å². The predicted octanol–water partition coefficient (Wildman–Crippen LogP) is 4.63. The fraction of sp³-hybridized carbons (Fsp3) is 0.517. The van der Waals surface area contributed by atoms with Gasteiger partial charge in [-0.15, -0.1) is 0 Å². The molecule has 1 aliphatic rings. The molecule has 1 aliphatic heterocycles. The first-order chi connectivity index (χ1) is 19.4. The van der Waals surface area contributed by atoms with E-state index in [9.17, 15) is 31.5 Å². The highest BCUT2D eigenvalue weighted by molar-refractivity contribution is 6.30. The van der Waals surface area contributed by atoms with E-state index in [0.717, 1.165) is 17.5 Å². The lowest BCUT2D eigenvalue weighted by molar-refractivity contribution is -0.186. The van der Waals surface area contributed by atoms with Crippen molar-refractivity contribution in [2.45, 2.75) is 56.9 Å². The zero-order chi connectivity index (χ0) is 30.2. The van der Waals surface area contributed by atoms with Gasteiger partial charge >= 0.3 is 12.1 Å². The number of benzene rings is 2. The van der Waals surface area contributed by atoms with Gasteiger partial charge in [-0.1, -0.05) is 49.2 Å². The van der Waals surface area contributed by atoms with E-state index in [0.29, 0.717) is 35.9 Å². The van der Waals surface area contributed by atoms with Crippen molar-refractivity contribution in [3.05, 3.63) is 70.5 Å². The first-order valence-corrected chi connectivity index (χ1v) is 14.0. The van der Waals surface area contributed by atoms with E-state index in [4.69, 9.17) is 17.3 Å². The number of carbonyl (C=O) groups is 2. The van der Waals surface area contributed by atoms with Crippen LogP contribution in [-0.2, 0) is 22.4 Å². The maximum atomic E-state index is 13.4. The van der Waals surface area contributed by atoms with Gasteiger partial charge in [-0.2, -0.15) is 13.2 Å². The summed E-state index contributed by atoms with van der Waals surface area (Å²) in [6.07, 6.45) is -3.22. The molecule has 3 unspecified atom stereocenters. The van der Waals surface area contributed by atoms with E-state index >= 15 is 0 Å². The minimum atomic E-state index is -5.13. The van der Waals surface area contributed by atoms with Crippen molar-refractivity contribution in [2.24, 2.45) is 5.73 Å². The van der Waals surface area contributed by atoms with Gasteiger partial charge in [0.25, 0.3) is 0 Å². The third-order valence-corrected chi connectivity index (χ3v) is 7.57. The van der Waals surface area contributed by atoms with Gasteiger partial charge in [0.1, 0.15) is 12.5 Å². The Morgan fingerprint density at radius 3 is 2.24 bits per heavy atom. The average Bonchev–Trinajstić information content (AvgIpc) is 2.93. The Bertz CT molecular complexity index is 1130. The summed E-state index contributed by atoms with van der Waals surface area (Å²) in [6.45, 7) is 0.820. The lowest BCUT2D eigenvalue weighted by Crippen LogP contribution is -2.62. The molecule has 12 heteroatoms. The second-order valence-electron chi connectivity index (χ2n) is 10.3. The van der Waals surface area contributed by atoms with E-state index in [1.54, 1.807) is 41.3 Å². The van der Waals surface area contributed by atoms with Crippen LogP contribution in [0.25, 0.3) is 0 Å². The molecule has 0 aromatic heterocycles. The molecule has 2 amide bonds. The quantitative estimate of drug-likeness (QED) is 0.360. The molecule has 226 valence electrons. The topological polar surface area (TPSA) is 69.9 Å². The second-order valence-corrected chi connectivity index (χ2v) is 10.8. The monoisotopic (exact) mass is 602 g/mol. The number of piperazine rings is 1. The summed E-state index contributed by atoms with van der Waals surface area (Å²) in [5.41, 5.74) is 7.79. The summed E-state index contributed by atoms with van der Waals surface area (Å²) < 4.78 is 66.5. The van der Waals surface area contributed by atoms with E-state index in [1.807, 2.05) is 11.8 Å². The number of rotatable bonds is 12. The minimum Gasteiger partial charge on any atom is -0.336 e. The van der Waals surface area contributed by atoms with Gasteiger partial charge in [0.15, 0.2) is 0 Å². The van der Waals surface area contributed by atoms with Gasteiger partial charge in [0.2, 0.25) is 5.91 Å². The molecule has 2 aromatic carbocycles. The van der Waals surface area contributed by atoms with Gasteiger partial charge in [-0.25, -0.2) is 8.78 Å². The van der Waals surface area contributed by atoms with Crippen LogP contribution >= 0.6 is 11.6 Å². The molecule has 2 aromatic rings. The maximum absolute atomic E-state index is 13.4. The van der Waals surface area contributed by atoms with E-state index in [1.165, 1.54) is 12.1 Å². The number of hydrogen-bond acceptors (Lipinski definition) is 4. The van der Waals surface area contributed by atoms with Crippen LogP contribution < -0.4 is 5.73 Å². The zero-order valence-corrected chi connectivity index (χ0v) is 23.7. The fourth-order valence-electron chi connectivity index (χ4n) is 5.27. The summed E-state index contributed by atoms with van der Waals surface area (Å²) in [6, 6.07) is 11.0. The largest absolute Gasteiger partial charge is 0.471 e. The molecule has 1 fully saturated rings. The highest BCUT2D eigenvalue weighted by Gasteiger charge is 2.44. The molecule has 2 N–H and O–H groups in total. The lowest BCUT2D eigenvalue weighted by Gasteiger charge is -2.46. The fourth-order valence-corrected chi connectivity index (χ4v) is 5.40. The Kier molecular flexibility index (Phi) is 11.9. The Balaban J connectivity index is 1.81. The number of carbonyl (C=O) groups excluding carboxylic acids is 2. The molecule has 3 atom stereocenters. The molecule has 1 saturated heterocycles. The van der Waals surface area contributed by atoms with E-state index in [2.05, 4.69) is 0 Å². The van der Waals surface area contributed by atoms with Crippen molar-refractivity contribution in [2.75, 3.05) is 39.4 Å². The van der Waals surface area contributed by atoms with Gasteiger partial charge in [-0.05, 0) is 54.7 Å². The molecule has 0 bridgehead atoms. The standard InChI is InChI=1S/C29H36ClF5N4O2/c1-2-3-24-18-37(14-15-39(24)27(40)26(36)17-21-6-10-23(32)11-7-21)25(16-20-4-8-22(30)9-5-20)19-38(13-12-31)28(41)29(33,34)35/h4-11,24-26H,2-3,12-19,36H2,1H3. The van der Waals surface area contributed by atoms with Crippen LogP contribution in [0.4, 0.5) is 22.0 Å². The van der Waals surface area contributed by atoms with E-state index < -0.39 is 37.4 Å². The van der Waals surface area contributed by atoms with Crippen molar-refractivity contribution < 1.29 is 31.5 Å². The van der Waals surface area contributed by atoms with Gasteiger partial charge < -0.3 is 15.5 Å². The average molecular weight is 603 g/mol. The lowest BCUT2D eigenvalue weighted by atomic mass is 9.98. The molecule has 1 heterocycles. The summed E-state index contributed by atoms with van der Waals surface area (Å²) in [7, 11) is 0. The van der Waals surface area contributed by atoms with Crippen LogP contribution in [0.2, 0.25) is 5.02 Å². The van der Waals surface area contributed by atoms with Crippen molar-refractivity contribution in [3.8, 4) is 0 Å². The highest BCUT2D eigenvalue weighted by Crippen LogP contribution is 2.24. The first kappa shape index (κ1) is 32.8. The van der Waals surface area contributed by atoms with Crippen LogP contribution in [0, 0.1) is 5.82 Å². The van der Waals surface area contributed by atoms with Crippen LogP contribution in [0.15, 0.2) is 48.5 Å². The molecule has 0 spiro atoms. The molecule has 0 saturated carbocycles. The predicted molar refractivity (Wildman–Crippen MR) is 148 cm³/mol. The normalized spacial score (nSPS) is 17.8. The summed E-state index contributed by atoms with van der Waals surface area (Å²) in [4.78, 5) is 29.7. The number of hydrogen-bond donors (Lipinski definition) is 1. The second kappa shape index (κ2) is 14.9. The third-order valence-electron chi connectivity index (χ3n) is 7.32. The number of nitrogens with zero attached hydrogens (tertiary/aromatic N) is 3. The Morgan fingerprint density at radius 1 is 1.05 bits per heavy atom.